The Morgan fingerprint density at radius 1 is 1.12 bits per heavy atom. The van der Waals surface area contributed by atoms with E-state index in [-0.39, 0.29) is 36.0 Å². The largest absolute Gasteiger partial charge is 0.459 e. The van der Waals surface area contributed by atoms with Gasteiger partial charge < -0.3 is 14.2 Å². The normalized spacial score (nSPS) is 13.7. The van der Waals surface area contributed by atoms with Crippen LogP contribution >= 0.6 is 15.9 Å². The topological polar surface area (TPSA) is 81.5 Å². The van der Waals surface area contributed by atoms with Crippen molar-refractivity contribution in [2.24, 2.45) is 0 Å². The summed E-state index contributed by atoms with van der Waals surface area (Å²) >= 11 is 3.29. The molecule has 8 heteroatoms. The molecule has 1 amide bonds. The highest BCUT2D eigenvalue weighted by Crippen LogP contribution is 2.12. The molecule has 3 rings (SSSR count). The summed E-state index contributed by atoms with van der Waals surface area (Å²) in [5, 5.41) is 0. The van der Waals surface area contributed by atoms with Gasteiger partial charge in [0.15, 0.2) is 0 Å². The number of likely N-dealkylation sites (tertiary alicyclic amines) is 1. The summed E-state index contributed by atoms with van der Waals surface area (Å²) in [5.41, 5.74) is 0.141. The van der Waals surface area contributed by atoms with E-state index in [9.17, 15) is 14.4 Å². The molecular weight excluding hydrogens is 402 g/mol. The molecule has 2 aromatic rings. The number of hydrogen-bond donors (Lipinski definition) is 0. The highest BCUT2D eigenvalue weighted by atomic mass is 79.9. The van der Waals surface area contributed by atoms with Crippen LogP contribution in [0.1, 0.15) is 33.8 Å². The fourth-order valence-electron chi connectivity index (χ4n) is 2.74. The van der Waals surface area contributed by atoms with Crippen LogP contribution in [-0.2, 0) is 11.3 Å². The first kappa shape index (κ1) is 18.3. The number of aromatic nitrogens is 2. The number of carbonyl (C=O) groups excluding carboxylic acids is 2. The minimum Gasteiger partial charge on any atom is -0.459 e. The Kier molecular flexibility index (Phi) is 5.82. The molecule has 0 aliphatic carbocycles. The molecule has 136 valence electrons. The molecule has 0 radical (unpaired) electrons. The summed E-state index contributed by atoms with van der Waals surface area (Å²) in [5.74, 6) is -0.790. The second-order valence-electron chi connectivity index (χ2n) is 5.92. The third-order valence-electron chi connectivity index (χ3n) is 4.08. The minimum absolute atomic E-state index is 0.0289. The number of amides is 1. The van der Waals surface area contributed by atoms with Crippen LogP contribution in [0.3, 0.4) is 0 Å². The summed E-state index contributed by atoms with van der Waals surface area (Å²) in [4.78, 5) is 42.1. The van der Waals surface area contributed by atoms with Crippen molar-refractivity contribution in [3.05, 3.63) is 62.7 Å². The number of pyridine rings is 2. The van der Waals surface area contributed by atoms with E-state index in [4.69, 9.17) is 4.74 Å². The van der Waals surface area contributed by atoms with Gasteiger partial charge in [-0.2, -0.15) is 0 Å². The number of carbonyl (C=O) groups is 2. The van der Waals surface area contributed by atoms with E-state index in [1.165, 1.54) is 16.7 Å². The van der Waals surface area contributed by atoms with E-state index < -0.39 is 5.97 Å². The first-order valence-corrected chi connectivity index (χ1v) is 9.13. The van der Waals surface area contributed by atoms with Gasteiger partial charge in [0.2, 0.25) is 0 Å². The monoisotopic (exact) mass is 419 g/mol. The molecule has 3 heterocycles. The predicted octanol–water partition coefficient (Wildman–Crippen LogP) is 2.10. The third-order valence-corrected chi connectivity index (χ3v) is 4.55. The van der Waals surface area contributed by atoms with Crippen LogP contribution in [0.15, 0.2) is 45.8 Å². The summed E-state index contributed by atoms with van der Waals surface area (Å²) in [6.45, 7) is 1.70. The fourth-order valence-corrected chi connectivity index (χ4v) is 3.12. The predicted molar refractivity (Wildman–Crippen MR) is 98.1 cm³/mol. The van der Waals surface area contributed by atoms with Crippen molar-refractivity contribution in [2.45, 2.75) is 19.4 Å². The molecule has 0 N–H and O–H groups in total. The quantitative estimate of drug-likeness (QED) is 0.693. The summed E-state index contributed by atoms with van der Waals surface area (Å²) < 4.78 is 7.39. The van der Waals surface area contributed by atoms with Crippen molar-refractivity contribution in [1.82, 2.24) is 14.5 Å². The van der Waals surface area contributed by atoms with Gasteiger partial charge >= 0.3 is 5.97 Å². The number of ether oxygens (including phenoxy) is 1. The Hall–Kier alpha value is -2.48. The molecule has 26 heavy (non-hydrogen) atoms. The van der Waals surface area contributed by atoms with Gasteiger partial charge in [0, 0.05) is 29.8 Å². The second kappa shape index (κ2) is 8.27. The number of nitrogens with zero attached hydrogens (tertiary/aromatic N) is 3. The lowest BCUT2D eigenvalue weighted by atomic mass is 10.2. The van der Waals surface area contributed by atoms with Crippen molar-refractivity contribution in [1.29, 1.82) is 0 Å². The zero-order chi connectivity index (χ0) is 18.5. The lowest BCUT2D eigenvalue weighted by Gasteiger charge is -2.14. The third kappa shape index (κ3) is 4.37. The van der Waals surface area contributed by atoms with Gasteiger partial charge in [-0.05, 0) is 47.0 Å². The van der Waals surface area contributed by atoms with Crippen LogP contribution in [-0.4, -0.2) is 46.0 Å². The molecule has 0 atom stereocenters. The average molecular weight is 420 g/mol. The SMILES string of the molecule is O=C(OCCn1cc(Br)ccc1=O)c1cccc(C(=O)N2CCCC2)n1. The van der Waals surface area contributed by atoms with Crippen molar-refractivity contribution in [3.63, 3.8) is 0 Å². The molecule has 0 spiro atoms. The number of esters is 1. The summed E-state index contributed by atoms with van der Waals surface area (Å²) in [6.07, 6.45) is 3.61. The molecular formula is C18H18BrN3O4. The van der Waals surface area contributed by atoms with Gasteiger partial charge in [0.1, 0.15) is 18.0 Å². The zero-order valence-corrected chi connectivity index (χ0v) is 15.6. The molecule has 7 nitrogen and oxygen atoms in total. The van der Waals surface area contributed by atoms with E-state index in [0.29, 0.717) is 0 Å². The minimum atomic E-state index is -0.621. The number of rotatable bonds is 5. The van der Waals surface area contributed by atoms with Gasteiger partial charge in [-0.1, -0.05) is 6.07 Å². The Balaban J connectivity index is 1.61. The highest BCUT2D eigenvalue weighted by Gasteiger charge is 2.21. The van der Waals surface area contributed by atoms with Crippen LogP contribution in [0.25, 0.3) is 0 Å². The number of hydrogen-bond acceptors (Lipinski definition) is 5. The molecule has 2 aromatic heterocycles. The van der Waals surface area contributed by atoms with Gasteiger partial charge in [-0.3, -0.25) is 9.59 Å². The Morgan fingerprint density at radius 3 is 2.62 bits per heavy atom. The van der Waals surface area contributed by atoms with E-state index in [0.717, 1.165) is 30.4 Å². The van der Waals surface area contributed by atoms with Gasteiger partial charge in [-0.25, -0.2) is 9.78 Å². The van der Waals surface area contributed by atoms with Crippen LogP contribution in [0.4, 0.5) is 0 Å². The molecule has 1 fully saturated rings. The zero-order valence-electron chi connectivity index (χ0n) is 14.1. The molecule has 0 unspecified atom stereocenters. The van der Waals surface area contributed by atoms with Crippen molar-refractivity contribution >= 4 is 27.8 Å². The maximum absolute atomic E-state index is 12.4. The fraction of sp³-hybridized carbons (Fsp3) is 0.333. The lowest BCUT2D eigenvalue weighted by Crippen LogP contribution is -2.29. The summed E-state index contributed by atoms with van der Waals surface area (Å²) in [6, 6.07) is 7.80. The highest BCUT2D eigenvalue weighted by molar-refractivity contribution is 9.10. The molecule has 0 aromatic carbocycles. The van der Waals surface area contributed by atoms with Crippen LogP contribution in [0.5, 0.6) is 0 Å². The Morgan fingerprint density at radius 2 is 1.85 bits per heavy atom. The molecule has 0 saturated carbocycles. The first-order valence-electron chi connectivity index (χ1n) is 8.34. The van der Waals surface area contributed by atoms with Crippen LogP contribution in [0, 0.1) is 0 Å². The van der Waals surface area contributed by atoms with Crippen molar-refractivity contribution in [2.75, 3.05) is 19.7 Å². The first-order chi connectivity index (χ1) is 12.5. The van der Waals surface area contributed by atoms with Crippen molar-refractivity contribution in [3.8, 4) is 0 Å². The van der Waals surface area contributed by atoms with Gasteiger partial charge in [0.05, 0.1) is 6.54 Å². The molecule has 1 aliphatic rings. The van der Waals surface area contributed by atoms with Crippen LogP contribution < -0.4 is 5.56 Å². The average Bonchev–Trinajstić information content (AvgIpc) is 3.18. The maximum Gasteiger partial charge on any atom is 0.357 e. The van der Waals surface area contributed by atoms with E-state index in [2.05, 4.69) is 20.9 Å². The van der Waals surface area contributed by atoms with E-state index in [1.807, 2.05) is 0 Å². The smallest absolute Gasteiger partial charge is 0.357 e. The Bertz CT molecular complexity index is 875. The molecule has 1 aliphatic heterocycles. The standard InChI is InChI=1S/C18H18BrN3O4/c19-13-6-7-16(23)22(12-13)10-11-26-18(25)15-5-3-4-14(20-15)17(24)21-8-1-2-9-21/h3-7,12H,1-2,8-11H2. The molecule has 0 bridgehead atoms. The van der Waals surface area contributed by atoms with Gasteiger partial charge in [-0.15, -0.1) is 0 Å². The molecule has 1 saturated heterocycles. The van der Waals surface area contributed by atoms with E-state index >= 15 is 0 Å². The van der Waals surface area contributed by atoms with E-state index in [1.54, 1.807) is 29.3 Å². The van der Waals surface area contributed by atoms with Gasteiger partial charge in [0.25, 0.3) is 11.5 Å². The second-order valence-corrected chi connectivity index (χ2v) is 6.84. The maximum atomic E-state index is 12.4. The summed E-state index contributed by atoms with van der Waals surface area (Å²) in [7, 11) is 0. The lowest BCUT2D eigenvalue weighted by molar-refractivity contribution is 0.0483. The Labute approximate surface area is 158 Å². The van der Waals surface area contributed by atoms with Crippen LogP contribution in [0.2, 0.25) is 0 Å². The number of halogens is 1. The van der Waals surface area contributed by atoms with Crippen molar-refractivity contribution < 1.29 is 14.3 Å².